The van der Waals surface area contributed by atoms with E-state index in [0.29, 0.717) is 16.5 Å². The predicted octanol–water partition coefficient (Wildman–Crippen LogP) is 5.06. The van der Waals surface area contributed by atoms with E-state index in [1.165, 1.54) is 0 Å². The lowest BCUT2D eigenvalue weighted by Crippen LogP contribution is -2.70. The lowest BCUT2D eigenvalue weighted by atomic mass is 10.1. The van der Waals surface area contributed by atoms with Crippen LogP contribution < -0.4 is 10.3 Å². The van der Waals surface area contributed by atoms with Crippen LogP contribution in [0.15, 0.2) is 83.3 Å². The second-order valence-corrected chi connectivity index (χ2v) is 6.97. The second kappa shape index (κ2) is 9.70. The predicted molar refractivity (Wildman–Crippen MR) is 114 cm³/mol. The average Bonchev–Trinajstić information content (AvgIpc) is 2.73. The number of carbonyl (C=O) groups is 1. The maximum absolute atomic E-state index is 11.2. The van der Waals surface area contributed by atoms with E-state index in [9.17, 15) is 27.2 Å². The number of hydrogen-bond donors (Lipinski definition) is 2. The zero-order valence-electron chi connectivity index (χ0n) is 16.2. The first-order chi connectivity index (χ1) is 15.1. The minimum absolute atomic E-state index is 0.225. The van der Waals surface area contributed by atoms with Crippen molar-refractivity contribution < 1.29 is 36.6 Å². The van der Waals surface area contributed by atoms with E-state index in [0.717, 1.165) is 21.9 Å². The molecule has 164 valence electrons. The molecule has 0 atom stereocenters. The highest BCUT2D eigenvalue weighted by molar-refractivity contribution is 6.50. The van der Waals surface area contributed by atoms with Crippen molar-refractivity contribution in [2.45, 2.75) is 0 Å². The van der Waals surface area contributed by atoms with Crippen LogP contribution in [0.25, 0.3) is 22.3 Å². The van der Waals surface area contributed by atoms with Crippen molar-refractivity contribution in [2.24, 2.45) is 0 Å². The first-order valence-electron chi connectivity index (χ1n) is 9.20. The summed E-state index contributed by atoms with van der Waals surface area (Å²) in [5.41, 5.74) is 2.53. The van der Waals surface area contributed by atoms with Crippen LogP contribution in [-0.4, -0.2) is 18.3 Å². The van der Waals surface area contributed by atoms with Gasteiger partial charge in [0.25, 0.3) is 0 Å². The summed E-state index contributed by atoms with van der Waals surface area (Å²) in [4.78, 5) is 14.5. The molecule has 4 aromatic rings. The molecule has 0 saturated heterocycles. The maximum Gasteiger partial charge on any atom is 0.673 e. The summed E-state index contributed by atoms with van der Waals surface area (Å²) in [5, 5.41) is 11.6. The Morgan fingerprint density at radius 1 is 0.906 bits per heavy atom. The summed E-state index contributed by atoms with van der Waals surface area (Å²) in [6.45, 7) is 0. The first kappa shape index (κ1) is 23.1. The molecule has 1 heterocycles. The molecule has 0 fully saturated rings. The zero-order valence-corrected chi connectivity index (χ0v) is 17.0. The zero-order chi connectivity index (χ0) is 23.3. The molecule has 0 bridgehead atoms. The summed E-state index contributed by atoms with van der Waals surface area (Å²) >= 11 is 5.98. The number of hydrogen-bond acceptors (Lipinski definition) is 2. The molecule has 0 radical (unpaired) electrons. The molecule has 32 heavy (non-hydrogen) atoms. The van der Waals surface area contributed by atoms with Crippen LogP contribution in [0.1, 0.15) is 10.4 Å². The fourth-order valence-corrected chi connectivity index (χ4v) is 3.01. The van der Waals surface area contributed by atoms with Gasteiger partial charge in [0.15, 0.2) is 0 Å². The topological polar surface area (TPSA) is 64.4 Å². The van der Waals surface area contributed by atoms with Crippen LogP contribution in [0.3, 0.4) is 0 Å². The lowest BCUT2D eigenvalue weighted by molar-refractivity contribution is -0.400. The maximum atomic E-state index is 11.2. The highest BCUT2D eigenvalue weighted by Crippen LogP contribution is 2.23. The number of benzene rings is 3. The Balaban J connectivity index is 0.000000523. The van der Waals surface area contributed by atoms with Gasteiger partial charge < -0.3 is 26.8 Å². The number of nitrogens with one attached hydrogen (secondary N) is 1. The van der Waals surface area contributed by atoms with Gasteiger partial charge in [-0.3, -0.25) is 0 Å². The molecule has 0 unspecified atom stereocenters. The minimum atomic E-state index is -6.00. The highest BCUT2D eigenvalue weighted by atomic mass is 35.5. The Morgan fingerprint density at radius 2 is 1.56 bits per heavy atom. The van der Waals surface area contributed by atoms with Crippen LogP contribution >= 0.6 is 11.6 Å². The van der Waals surface area contributed by atoms with E-state index in [-0.39, 0.29) is 5.56 Å². The van der Waals surface area contributed by atoms with Gasteiger partial charge in [0, 0.05) is 22.7 Å². The van der Waals surface area contributed by atoms with E-state index in [1.54, 1.807) is 18.2 Å². The van der Waals surface area contributed by atoms with Gasteiger partial charge in [0.05, 0.1) is 17.0 Å². The van der Waals surface area contributed by atoms with Crippen molar-refractivity contribution in [3.05, 3.63) is 94.8 Å². The van der Waals surface area contributed by atoms with Crippen molar-refractivity contribution in [2.75, 3.05) is 0 Å². The number of rotatable bonds is 3. The number of halogens is 5. The fourth-order valence-electron chi connectivity index (χ4n) is 2.88. The van der Waals surface area contributed by atoms with Gasteiger partial charge in [0.2, 0.25) is 11.0 Å². The Hall–Kier alpha value is -3.59. The molecule has 1 aromatic heterocycles. The Morgan fingerprint density at radius 3 is 2.22 bits per heavy atom. The number of aromatic carboxylic acids is 1. The Bertz CT molecular complexity index is 1320. The van der Waals surface area contributed by atoms with Crippen molar-refractivity contribution in [1.82, 2.24) is 0 Å². The summed E-state index contributed by atoms with van der Waals surface area (Å²) in [6, 6.07) is 23.7. The lowest BCUT2D eigenvalue weighted by Gasteiger charge is -2.03. The summed E-state index contributed by atoms with van der Waals surface area (Å²) in [7, 11) is -6.00. The summed E-state index contributed by atoms with van der Waals surface area (Å²) in [6.07, 6.45) is 0. The number of carboxylic acid groups (broad SMARTS) is 1. The monoisotopic (exact) mass is 463 g/mol. The van der Waals surface area contributed by atoms with Crippen molar-refractivity contribution in [3.63, 3.8) is 0 Å². The third kappa shape index (κ3) is 6.45. The molecule has 4 nitrogen and oxygen atoms in total. The minimum Gasteiger partial charge on any atom is -0.478 e. The summed E-state index contributed by atoms with van der Waals surface area (Å²) in [5.74, 6) is -0.282. The van der Waals surface area contributed by atoms with Crippen LogP contribution in [0.5, 0.6) is 0 Å². The molecule has 10 heteroatoms. The van der Waals surface area contributed by atoms with Gasteiger partial charge in [0.1, 0.15) is 11.3 Å². The number of para-hydroxylation sites is 1. The Kier molecular flexibility index (Phi) is 7.00. The smallest absolute Gasteiger partial charge is 0.478 e. The van der Waals surface area contributed by atoms with Gasteiger partial charge in [-0.25, -0.2) is 9.79 Å². The molecule has 2 N–H and O–H groups in total. The highest BCUT2D eigenvalue weighted by Gasteiger charge is 2.20. The molecule has 0 aliphatic heterocycles. The molecule has 4 rings (SSSR count). The molecule has 3 aromatic carbocycles. The van der Waals surface area contributed by atoms with Crippen LogP contribution in [0.4, 0.5) is 23.0 Å². The van der Waals surface area contributed by atoms with Gasteiger partial charge in [-0.15, -0.1) is 0 Å². The molecule has 0 aliphatic carbocycles. The van der Waals surface area contributed by atoms with E-state index in [4.69, 9.17) is 16.0 Å². The first-order valence-corrected chi connectivity index (χ1v) is 9.57. The SMILES string of the molecule is F[B-](F)(F)F.O=C(O)c1cccc([NH+]=c2cc(-c3ccc(Cl)cc3)oc3ccccc23)c1. The largest absolute Gasteiger partial charge is 0.673 e. The van der Waals surface area contributed by atoms with E-state index in [2.05, 4.69) is 4.99 Å². The van der Waals surface area contributed by atoms with Crippen molar-refractivity contribution in [1.29, 1.82) is 0 Å². The molecule has 0 aliphatic rings. The molecule has 0 spiro atoms. The third-order valence-corrected chi connectivity index (χ3v) is 4.44. The fraction of sp³-hybridized carbons (Fsp3) is 0. The normalized spacial score (nSPS) is 11.7. The van der Waals surface area contributed by atoms with Crippen LogP contribution in [-0.2, 0) is 0 Å². The molecular weight excluding hydrogens is 449 g/mol. The van der Waals surface area contributed by atoms with Gasteiger partial charge in [-0.1, -0.05) is 29.8 Å². The number of carboxylic acids is 1. The van der Waals surface area contributed by atoms with Gasteiger partial charge >= 0.3 is 13.2 Å². The van der Waals surface area contributed by atoms with Crippen LogP contribution in [0, 0.1) is 0 Å². The van der Waals surface area contributed by atoms with E-state index < -0.39 is 13.2 Å². The average molecular weight is 464 g/mol. The summed E-state index contributed by atoms with van der Waals surface area (Å²) < 4.78 is 45.1. The Labute approximate surface area is 184 Å². The van der Waals surface area contributed by atoms with Gasteiger partial charge in [-0.2, -0.15) is 0 Å². The third-order valence-electron chi connectivity index (χ3n) is 4.19. The second-order valence-electron chi connectivity index (χ2n) is 6.53. The standard InChI is InChI=1S/C22H14ClNO3.BF4/c23-16-10-8-14(9-11-16)21-13-19(18-6-1-2-7-20(18)27-21)24-17-5-3-4-15(12-17)22(25)26;2-1(3,4)5/h1-13H,(H,25,26);/q;-1/p+1. The molecular formula is C22H15BClF4NO3. The van der Waals surface area contributed by atoms with Gasteiger partial charge in [-0.05, 0) is 42.5 Å². The quantitative estimate of drug-likeness (QED) is 0.330. The number of fused-ring (bicyclic) bond motifs is 1. The van der Waals surface area contributed by atoms with Crippen LogP contribution in [0.2, 0.25) is 5.02 Å². The molecule has 0 saturated carbocycles. The van der Waals surface area contributed by atoms with Crippen molar-refractivity contribution in [3.8, 4) is 11.3 Å². The van der Waals surface area contributed by atoms with E-state index in [1.807, 2.05) is 60.7 Å². The molecule has 0 amide bonds. The van der Waals surface area contributed by atoms with E-state index >= 15 is 0 Å². The van der Waals surface area contributed by atoms with Crippen molar-refractivity contribution >= 4 is 41.5 Å².